The minimum Gasteiger partial charge on any atom is -0.497 e. The SMILES string of the molecule is COc1cccc(C(=O)NCC(=O)OCC(=O)Nc2ccc3c(c2)CCC3)c1. The van der Waals surface area contributed by atoms with Crippen LogP contribution in [0.2, 0.25) is 0 Å². The third kappa shape index (κ3) is 5.09. The molecule has 0 aliphatic heterocycles. The van der Waals surface area contributed by atoms with Crippen molar-refractivity contribution in [2.75, 3.05) is 25.6 Å². The lowest BCUT2D eigenvalue weighted by molar-refractivity contribution is -0.146. The molecule has 7 heteroatoms. The molecule has 2 aromatic carbocycles. The van der Waals surface area contributed by atoms with Crippen LogP contribution in [0, 0.1) is 0 Å². The first-order valence-electron chi connectivity index (χ1n) is 9.04. The Labute approximate surface area is 163 Å². The topological polar surface area (TPSA) is 93.7 Å². The molecular weight excluding hydrogens is 360 g/mol. The van der Waals surface area contributed by atoms with E-state index in [0.717, 1.165) is 19.3 Å². The highest BCUT2D eigenvalue weighted by molar-refractivity contribution is 5.97. The van der Waals surface area contributed by atoms with E-state index >= 15 is 0 Å². The summed E-state index contributed by atoms with van der Waals surface area (Å²) in [7, 11) is 1.50. The summed E-state index contributed by atoms with van der Waals surface area (Å²) in [6.45, 7) is -0.743. The Kier molecular flexibility index (Phi) is 6.26. The summed E-state index contributed by atoms with van der Waals surface area (Å²) >= 11 is 0. The average molecular weight is 382 g/mol. The molecule has 28 heavy (non-hydrogen) atoms. The third-order valence-electron chi connectivity index (χ3n) is 4.47. The van der Waals surface area contributed by atoms with Crippen LogP contribution >= 0.6 is 0 Å². The number of esters is 1. The van der Waals surface area contributed by atoms with E-state index in [1.54, 1.807) is 24.3 Å². The molecule has 0 aromatic heterocycles. The van der Waals surface area contributed by atoms with Crippen LogP contribution < -0.4 is 15.4 Å². The van der Waals surface area contributed by atoms with E-state index in [4.69, 9.17) is 9.47 Å². The molecule has 2 N–H and O–H groups in total. The van der Waals surface area contributed by atoms with E-state index in [9.17, 15) is 14.4 Å². The summed E-state index contributed by atoms with van der Waals surface area (Å²) in [6, 6.07) is 12.4. The number of anilines is 1. The van der Waals surface area contributed by atoms with Gasteiger partial charge in [0.2, 0.25) is 0 Å². The second-order valence-corrected chi connectivity index (χ2v) is 6.46. The van der Waals surface area contributed by atoms with Gasteiger partial charge >= 0.3 is 5.97 Å². The number of aryl methyl sites for hydroxylation is 2. The maximum absolute atomic E-state index is 12.0. The van der Waals surface area contributed by atoms with Crippen molar-refractivity contribution in [3.63, 3.8) is 0 Å². The van der Waals surface area contributed by atoms with Gasteiger partial charge < -0.3 is 20.1 Å². The highest BCUT2D eigenvalue weighted by atomic mass is 16.5. The number of hydrogen-bond acceptors (Lipinski definition) is 5. The summed E-state index contributed by atoms with van der Waals surface area (Å²) in [5, 5.41) is 5.16. The summed E-state index contributed by atoms with van der Waals surface area (Å²) in [6.07, 6.45) is 3.22. The van der Waals surface area contributed by atoms with E-state index in [1.165, 1.54) is 18.2 Å². The highest BCUT2D eigenvalue weighted by Crippen LogP contribution is 2.24. The number of carbonyl (C=O) groups excluding carboxylic acids is 3. The molecule has 0 spiro atoms. The van der Waals surface area contributed by atoms with E-state index in [2.05, 4.69) is 10.6 Å². The standard InChI is InChI=1S/C21H22N2O5/c1-27-18-7-3-6-16(11-18)21(26)22-12-20(25)28-13-19(24)23-17-9-8-14-4-2-5-15(14)10-17/h3,6-11H,2,4-5,12-13H2,1H3,(H,22,26)(H,23,24). The number of fused-ring (bicyclic) bond motifs is 1. The fourth-order valence-corrected chi connectivity index (χ4v) is 3.06. The van der Waals surface area contributed by atoms with Crippen LogP contribution in [0.3, 0.4) is 0 Å². The molecule has 0 saturated heterocycles. The number of amides is 2. The van der Waals surface area contributed by atoms with Gasteiger partial charge in [0.1, 0.15) is 12.3 Å². The molecule has 0 bridgehead atoms. The first-order chi connectivity index (χ1) is 13.5. The molecule has 1 aliphatic rings. The lowest BCUT2D eigenvalue weighted by Crippen LogP contribution is -2.32. The molecule has 0 unspecified atom stereocenters. The number of hydrogen-bond donors (Lipinski definition) is 2. The summed E-state index contributed by atoms with van der Waals surface area (Å²) in [4.78, 5) is 35.8. The first-order valence-corrected chi connectivity index (χ1v) is 9.04. The van der Waals surface area contributed by atoms with Gasteiger partial charge in [-0.2, -0.15) is 0 Å². The van der Waals surface area contributed by atoms with E-state index in [0.29, 0.717) is 17.0 Å². The highest BCUT2D eigenvalue weighted by Gasteiger charge is 2.14. The molecule has 3 rings (SSSR count). The molecule has 7 nitrogen and oxygen atoms in total. The predicted molar refractivity (Wildman–Crippen MR) is 103 cm³/mol. The first kappa shape index (κ1) is 19.4. The zero-order chi connectivity index (χ0) is 19.9. The molecule has 2 amide bonds. The second-order valence-electron chi connectivity index (χ2n) is 6.46. The lowest BCUT2D eigenvalue weighted by atomic mass is 10.1. The van der Waals surface area contributed by atoms with Crippen LogP contribution in [0.5, 0.6) is 5.75 Å². The molecular formula is C21H22N2O5. The quantitative estimate of drug-likeness (QED) is 0.716. The van der Waals surface area contributed by atoms with Crippen molar-refractivity contribution in [1.29, 1.82) is 0 Å². The van der Waals surface area contributed by atoms with Crippen LogP contribution in [-0.2, 0) is 27.2 Å². The molecule has 0 fully saturated rings. The van der Waals surface area contributed by atoms with Gasteiger partial charge in [0.25, 0.3) is 11.8 Å². The fourth-order valence-electron chi connectivity index (χ4n) is 3.06. The maximum atomic E-state index is 12.0. The summed E-state index contributed by atoms with van der Waals surface area (Å²) < 4.78 is 9.96. The van der Waals surface area contributed by atoms with Crippen molar-refractivity contribution in [1.82, 2.24) is 5.32 Å². The third-order valence-corrected chi connectivity index (χ3v) is 4.47. The van der Waals surface area contributed by atoms with Crippen molar-refractivity contribution in [2.45, 2.75) is 19.3 Å². The Hall–Kier alpha value is -3.35. The van der Waals surface area contributed by atoms with Crippen LogP contribution in [-0.4, -0.2) is 38.0 Å². The summed E-state index contributed by atoms with van der Waals surface area (Å²) in [5.74, 6) is -1.01. The minimum atomic E-state index is -0.694. The van der Waals surface area contributed by atoms with Crippen LogP contribution in [0.1, 0.15) is 27.9 Å². The second kappa shape index (κ2) is 9.03. The molecule has 0 atom stereocenters. The van der Waals surface area contributed by atoms with E-state index < -0.39 is 24.4 Å². The number of nitrogens with one attached hydrogen (secondary N) is 2. The number of rotatable bonds is 7. The Morgan fingerprint density at radius 1 is 1.04 bits per heavy atom. The fraction of sp³-hybridized carbons (Fsp3) is 0.286. The van der Waals surface area contributed by atoms with Gasteiger partial charge in [0, 0.05) is 11.3 Å². The number of methoxy groups -OCH3 is 1. The van der Waals surface area contributed by atoms with E-state index in [1.807, 2.05) is 18.2 Å². The number of ether oxygens (including phenoxy) is 2. The van der Waals surface area contributed by atoms with Gasteiger partial charge in [-0.3, -0.25) is 14.4 Å². The Balaban J connectivity index is 1.41. The molecule has 1 aliphatic carbocycles. The molecule has 146 valence electrons. The van der Waals surface area contributed by atoms with Gasteiger partial charge in [-0.15, -0.1) is 0 Å². The van der Waals surface area contributed by atoms with Crippen LogP contribution in [0.4, 0.5) is 5.69 Å². The van der Waals surface area contributed by atoms with Gasteiger partial charge in [-0.1, -0.05) is 12.1 Å². The van der Waals surface area contributed by atoms with Crippen molar-refractivity contribution >= 4 is 23.5 Å². The van der Waals surface area contributed by atoms with Gasteiger partial charge in [0.15, 0.2) is 6.61 Å². The number of carbonyl (C=O) groups is 3. The summed E-state index contributed by atoms with van der Waals surface area (Å²) in [5.41, 5.74) is 3.61. The van der Waals surface area contributed by atoms with E-state index in [-0.39, 0.29) is 6.54 Å². The monoisotopic (exact) mass is 382 g/mol. The largest absolute Gasteiger partial charge is 0.497 e. The average Bonchev–Trinajstić information content (AvgIpc) is 3.18. The Morgan fingerprint density at radius 2 is 1.86 bits per heavy atom. The Bertz CT molecular complexity index is 894. The zero-order valence-electron chi connectivity index (χ0n) is 15.6. The Morgan fingerprint density at radius 3 is 2.68 bits per heavy atom. The molecule has 0 radical (unpaired) electrons. The molecule has 2 aromatic rings. The maximum Gasteiger partial charge on any atom is 0.325 e. The van der Waals surface area contributed by atoms with Crippen molar-refractivity contribution in [2.24, 2.45) is 0 Å². The predicted octanol–water partition coefficient (Wildman–Crippen LogP) is 2.10. The minimum absolute atomic E-state index is 0.331. The van der Waals surface area contributed by atoms with Crippen molar-refractivity contribution in [3.05, 3.63) is 59.2 Å². The molecule has 0 saturated carbocycles. The van der Waals surface area contributed by atoms with Gasteiger partial charge in [-0.05, 0) is 60.7 Å². The van der Waals surface area contributed by atoms with Gasteiger partial charge in [0.05, 0.1) is 7.11 Å². The van der Waals surface area contributed by atoms with Gasteiger partial charge in [-0.25, -0.2) is 0 Å². The normalized spacial score (nSPS) is 12.0. The smallest absolute Gasteiger partial charge is 0.325 e. The lowest BCUT2D eigenvalue weighted by Gasteiger charge is -2.09. The van der Waals surface area contributed by atoms with Crippen molar-refractivity contribution < 1.29 is 23.9 Å². The van der Waals surface area contributed by atoms with Crippen molar-refractivity contribution in [3.8, 4) is 5.75 Å². The molecule has 0 heterocycles. The number of benzene rings is 2. The van der Waals surface area contributed by atoms with Crippen LogP contribution in [0.25, 0.3) is 0 Å². The zero-order valence-corrected chi connectivity index (χ0v) is 15.6. The van der Waals surface area contributed by atoms with Crippen LogP contribution in [0.15, 0.2) is 42.5 Å².